The van der Waals surface area contributed by atoms with E-state index in [1.807, 2.05) is 0 Å². The summed E-state index contributed by atoms with van der Waals surface area (Å²) < 4.78 is 25.2. The monoisotopic (exact) mass is 251 g/mol. The van der Waals surface area contributed by atoms with Crippen LogP contribution >= 0.6 is 22.2 Å². The van der Waals surface area contributed by atoms with Crippen LogP contribution in [0, 0.1) is 0 Å². The number of hydrogen-bond donors (Lipinski definition) is 1. The van der Waals surface area contributed by atoms with Crippen LogP contribution < -0.4 is 0 Å². The summed E-state index contributed by atoms with van der Waals surface area (Å²) in [7, 11) is 1.18. The maximum atomic E-state index is 10.8. The van der Waals surface area contributed by atoms with Gasteiger partial charge in [0.1, 0.15) is 4.88 Å². The van der Waals surface area contributed by atoms with Crippen LogP contribution in [0.15, 0.2) is 11.4 Å². The summed E-state index contributed by atoms with van der Waals surface area (Å²) in [4.78, 5) is 4.23. The van der Waals surface area contributed by atoms with E-state index in [1.165, 1.54) is 6.20 Å². The molecule has 7 nitrogen and oxygen atoms in total. The van der Waals surface area contributed by atoms with Crippen LogP contribution in [0.4, 0.5) is 0 Å². The van der Waals surface area contributed by atoms with Gasteiger partial charge < -0.3 is 0 Å². The minimum Gasteiger partial charge on any atom is -0.248 e. The highest BCUT2D eigenvalue weighted by Gasteiger charge is 2.17. The molecule has 0 amide bonds. The normalized spacial score (nSPS) is 11.8. The predicted molar refractivity (Wildman–Crippen MR) is 48.3 cm³/mol. The molecule has 0 bridgehead atoms. The highest BCUT2D eigenvalue weighted by atomic mass is 35.7. The number of aromatic amines is 1. The fourth-order valence-corrected chi connectivity index (χ4v) is 1.74. The molecule has 2 heterocycles. The Balaban J connectivity index is 2.46. The van der Waals surface area contributed by atoms with Crippen molar-refractivity contribution in [3.05, 3.63) is 6.20 Å². The number of nitrogens with one attached hydrogen (secondary N) is 1. The first-order chi connectivity index (χ1) is 6.57. The zero-order valence-electron chi connectivity index (χ0n) is 6.38. The van der Waals surface area contributed by atoms with Crippen LogP contribution in [0.25, 0.3) is 10.7 Å². The van der Waals surface area contributed by atoms with Crippen molar-refractivity contribution in [2.45, 2.75) is 5.16 Å². The van der Waals surface area contributed by atoms with Crippen molar-refractivity contribution in [2.75, 3.05) is 0 Å². The zero-order chi connectivity index (χ0) is 10.2. The maximum Gasteiger partial charge on any atom is 0.296 e. The first-order valence-electron chi connectivity index (χ1n) is 3.22. The second-order valence-electron chi connectivity index (χ2n) is 2.18. The Labute approximate surface area is 86.7 Å². The van der Waals surface area contributed by atoms with Gasteiger partial charge >= 0.3 is 0 Å². The Kier molecular flexibility index (Phi) is 2.21. The quantitative estimate of drug-likeness (QED) is 0.768. The molecule has 2 aromatic rings. The molecule has 1 N–H and O–H groups in total. The average Bonchev–Trinajstić information content (AvgIpc) is 2.73. The molecular formula is C4H2ClN5O2S2. The van der Waals surface area contributed by atoms with Crippen LogP contribution in [-0.2, 0) is 9.05 Å². The molecule has 14 heavy (non-hydrogen) atoms. The molecule has 2 aromatic heterocycles. The van der Waals surface area contributed by atoms with Gasteiger partial charge in [-0.3, -0.25) is 0 Å². The molecule has 0 saturated heterocycles. The second kappa shape index (κ2) is 3.26. The van der Waals surface area contributed by atoms with Gasteiger partial charge in [0.05, 0.1) is 6.20 Å². The third-order valence-electron chi connectivity index (χ3n) is 1.28. The lowest BCUT2D eigenvalue weighted by Gasteiger charge is -1.83. The zero-order valence-corrected chi connectivity index (χ0v) is 8.77. The molecule has 0 spiro atoms. The van der Waals surface area contributed by atoms with Crippen LogP contribution in [0.2, 0.25) is 0 Å². The van der Waals surface area contributed by atoms with Crippen LogP contribution in [0.1, 0.15) is 0 Å². The third kappa shape index (κ3) is 1.74. The van der Waals surface area contributed by atoms with E-state index in [4.69, 9.17) is 10.7 Å². The number of aromatic nitrogens is 5. The van der Waals surface area contributed by atoms with Gasteiger partial charge in [0.15, 0.2) is 5.82 Å². The van der Waals surface area contributed by atoms with Crippen LogP contribution in [-0.4, -0.2) is 33.2 Å². The molecule has 0 unspecified atom stereocenters. The molecule has 0 radical (unpaired) electrons. The smallest absolute Gasteiger partial charge is 0.248 e. The second-order valence-corrected chi connectivity index (χ2v) is 5.45. The Morgan fingerprint density at radius 3 is 2.79 bits per heavy atom. The van der Waals surface area contributed by atoms with Crippen LogP contribution in [0.3, 0.4) is 0 Å². The lowest BCUT2D eigenvalue weighted by molar-refractivity contribution is 0.602. The SMILES string of the molecule is O=S(=O)(Cl)c1nc(-c2cnns2)n[nH]1. The Morgan fingerprint density at radius 2 is 2.29 bits per heavy atom. The minimum absolute atomic E-state index is 0.208. The summed E-state index contributed by atoms with van der Waals surface area (Å²) in [6, 6.07) is 0. The standard InChI is InChI=1S/C4H2ClN5O2S2/c5-14(11,12)4-7-3(8-9-4)2-1-6-10-13-2/h1H,(H,7,8,9). The number of rotatable bonds is 2. The van der Waals surface area contributed by atoms with Gasteiger partial charge in [0.2, 0.25) is 0 Å². The fourth-order valence-electron chi connectivity index (χ4n) is 0.732. The topological polar surface area (TPSA) is 101 Å². The molecule has 0 saturated carbocycles. The van der Waals surface area contributed by atoms with E-state index in [1.54, 1.807) is 0 Å². The molecule has 0 fully saturated rings. The maximum absolute atomic E-state index is 10.8. The molecule has 2 rings (SSSR count). The van der Waals surface area contributed by atoms with E-state index in [2.05, 4.69) is 24.8 Å². The van der Waals surface area contributed by atoms with Crippen molar-refractivity contribution < 1.29 is 8.42 Å². The van der Waals surface area contributed by atoms with E-state index < -0.39 is 9.05 Å². The Hall–Kier alpha value is -1.06. The predicted octanol–water partition coefficient (Wildman–Crippen LogP) is 0.251. The van der Waals surface area contributed by atoms with Gasteiger partial charge in [-0.05, 0) is 11.5 Å². The van der Waals surface area contributed by atoms with E-state index in [0.717, 1.165) is 11.5 Å². The number of nitrogens with zero attached hydrogens (tertiary/aromatic N) is 4. The summed E-state index contributed by atoms with van der Waals surface area (Å²) >= 11 is 1.06. The molecule has 0 aliphatic carbocycles. The highest BCUT2D eigenvalue weighted by molar-refractivity contribution is 8.13. The summed E-state index contributed by atoms with van der Waals surface area (Å²) in [6.45, 7) is 0. The summed E-state index contributed by atoms with van der Waals surface area (Å²) in [5, 5.41) is 9.04. The van der Waals surface area contributed by atoms with Gasteiger partial charge in [-0.25, -0.2) is 13.5 Å². The third-order valence-corrected chi connectivity index (χ3v) is 3.02. The molecule has 0 aliphatic rings. The molecule has 10 heteroatoms. The molecule has 0 aliphatic heterocycles. The van der Waals surface area contributed by atoms with Crippen molar-refractivity contribution in [3.63, 3.8) is 0 Å². The summed E-state index contributed by atoms with van der Waals surface area (Å²) in [6.07, 6.45) is 1.43. The molecule has 74 valence electrons. The number of hydrogen-bond acceptors (Lipinski definition) is 7. The molecular weight excluding hydrogens is 250 g/mol. The lowest BCUT2D eigenvalue weighted by Crippen LogP contribution is -1.92. The Bertz CT molecular complexity index is 532. The molecule has 0 atom stereocenters. The van der Waals surface area contributed by atoms with Gasteiger partial charge in [-0.1, -0.05) is 4.49 Å². The lowest BCUT2D eigenvalue weighted by atomic mass is 10.5. The van der Waals surface area contributed by atoms with Gasteiger partial charge in [0, 0.05) is 10.7 Å². The number of halogens is 1. The van der Waals surface area contributed by atoms with Crippen molar-refractivity contribution >= 4 is 31.3 Å². The highest BCUT2D eigenvalue weighted by Crippen LogP contribution is 2.18. The van der Waals surface area contributed by atoms with Crippen LogP contribution in [0.5, 0.6) is 0 Å². The van der Waals surface area contributed by atoms with E-state index in [0.29, 0.717) is 4.88 Å². The van der Waals surface area contributed by atoms with Crippen molar-refractivity contribution in [1.29, 1.82) is 0 Å². The van der Waals surface area contributed by atoms with E-state index >= 15 is 0 Å². The van der Waals surface area contributed by atoms with Crippen molar-refractivity contribution in [2.24, 2.45) is 0 Å². The van der Waals surface area contributed by atoms with Gasteiger partial charge in [-0.15, -0.1) is 5.10 Å². The van der Waals surface area contributed by atoms with E-state index in [-0.39, 0.29) is 11.0 Å². The first kappa shape index (κ1) is 9.49. The minimum atomic E-state index is -3.87. The van der Waals surface area contributed by atoms with Crippen molar-refractivity contribution in [1.82, 2.24) is 24.8 Å². The Morgan fingerprint density at radius 1 is 1.50 bits per heavy atom. The summed E-state index contributed by atoms with van der Waals surface area (Å²) in [5.41, 5.74) is 0. The average molecular weight is 252 g/mol. The van der Waals surface area contributed by atoms with Crippen molar-refractivity contribution in [3.8, 4) is 10.7 Å². The van der Waals surface area contributed by atoms with Gasteiger partial charge in [-0.2, -0.15) is 10.1 Å². The summed E-state index contributed by atoms with van der Waals surface area (Å²) in [5.74, 6) is 0.208. The largest absolute Gasteiger partial charge is 0.296 e. The fraction of sp³-hybridized carbons (Fsp3) is 0. The number of H-pyrrole nitrogens is 1. The van der Waals surface area contributed by atoms with E-state index in [9.17, 15) is 8.42 Å². The first-order valence-corrected chi connectivity index (χ1v) is 6.30. The van der Waals surface area contributed by atoms with Gasteiger partial charge in [0.25, 0.3) is 14.2 Å². The molecule has 0 aromatic carbocycles.